The van der Waals surface area contributed by atoms with Gasteiger partial charge in [0.15, 0.2) is 0 Å². The van der Waals surface area contributed by atoms with Crippen LogP contribution in [0.3, 0.4) is 0 Å². The van der Waals surface area contributed by atoms with E-state index in [1.54, 1.807) is 24.4 Å². The van der Waals surface area contributed by atoms with Crippen molar-refractivity contribution in [1.29, 1.82) is 0 Å². The maximum atomic E-state index is 12.6. The van der Waals surface area contributed by atoms with Gasteiger partial charge in [-0.05, 0) is 48.9 Å². The molecule has 0 aliphatic heterocycles. The van der Waals surface area contributed by atoms with Crippen LogP contribution in [-0.2, 0) is 14.8 Å². The average molecular weight is 459 g/mol. The fourth-order valence-corrected chi connectivity index (χ4v) is 3.49. The molecule has 0 aliphatic carbocycles. The molecule has 31 heavy (non-hydrogen) atoms. The molecule has 0 bridgehead atoms. The molecule has 8 nitrogen and oxygen atoms in total. The average Bonchev–Trinajstić information content (AvgIpc) is 2.70. The molecule has 0 saturated heterocycles. The third-order valence-electron chi connectivity index (χ3n) is 4.00. The Bertz CT molecular complexity index is 1050. The van der Waals surface area contributed by atoms with Gasteiger partial charge in [0.1, 0.15) is 12.3 Å². The molecule has 2 rings (SSSR count). The van der Waals surface area contributed by atoms with Crippen LogP contribution in [0, 0.1) is 6.92 Å². The van der Waals surface area contributed by atoms with E-state index in [1.165, 1.54) is 31.4 Å². The van der Waals surface area contributed by atoms with Gasteiger partial charge in [0, 0.05) is 11.3 Å². The summed E-state index contributed by atoms with van der Waals surface area (Å²) >= 11 is 0. The molecule has 3 N–H and O–H groups in total. The summed E-state index contributed by atoms with van der Waals surface area (Å²) in [6.45, 7) is -0.674. The van der Waals surface area contributed by atoms with E-state index in [2.05, 4.69) is 10.0 Å². The molecule has 0 aliphatic rings. The minimum Gasteiger partial charge on any atom is -0.497 e. The first-order chi connectivity index (χ1) is 14.4. The molecule has 168 valence electrons. The van der Waals surface area contributed by atoms with Gasteiger partial charge in [0.25, 0.3) is 15.9 Å². The number of alkyl halides is 3. The molecule has 2 aromatic carbocycles. The van der Waals surface area contributed by atoms with Gasteiger partial charge in [-0.2, -0.15) is 13.2 Å². The van der Waals surface area contributed by atoms with Crippen LogP contribution in [0.25, 0.3) is 0 Å². The second-order valence-electron chi connectivity index (χ2n) is 6.39. The van der Waals surface area contributed by atoms with Crippen molar-refractivity contribution >= 4 is 27.5 Å². The van der Waals surface area contributed by atoms with Crippen LogP contribution in [0.15, 0.2) is 47.4 Å². The van der Waals surface area contributed by atoms with E-state index in [-0.39, 0.29) is 16.1 Å². The normalized spacial score (nSPS) is 11.5. The number of methoxy groups -OCH3 is 1. The van der Waals surface area contributed by atoms with Crippen molar-refractivity contribution in [3.8, 4) is 5.75 Å². The molecule has 0 atom stereocenters. The minimum atomic E-state index is -4.57. The predicted octanol–water partition coefficient (Wildman–Crippen LogP) is 2.21. The molecule has 2 aromatic rings. The Labute approximate surface area is 176 Å². The maximum Gasteiger partial charge on any atom is 0.405 e. The number of hydrogen-bond acceptors (Lipinski definition) is 5. The molecule has 0 saturated carbocycles. The van der Waals surface area contributed by atoms with Gasteiger partial charge in [-0.15, -0.1) is 0 Å². The Morgan fingerprint density at radius 3 is 2.26 bits per heavy atom. The van der Waals surface area contributed by atoms with Gasteiger partial charge >= 0.3 is 6.18 Å². The Morgan fingerprint density at radius 1 is 1.03 bits per heavy atom. The van der Waals surface area contributed by atoms with E-state index in [0.717, 1.165) is 6.07 Å². The Morgan fingerprint density at radius 2 is 1.68 bits per heavy atom. The molecular weight excluding hydrogens is 439 g/mol. The molecule has 0 spiro atoms. The van der Waals surface area contributed by atoms with Gasteiger partial charge in [0.05, 0.1) is 18.6 Å². The lowest BCUT2D eigenvalue weighted by molar-refractivity contribution is -0.137. The second kappa shape index (κ2) is 9.69. The van der Waals surface area contributed by atoms with Crippen LogP contribution in [0.1, 0.15) is 15.9 Å². The molecule has 0 aromatic heterocycles. The van der Waals surface area contributed by atoms with Gasteiger partial charge in [-0.1, -0.05) is 6.07 Å². The number of anilines is 1. The first-order valence-corrected chi connectivity index (χ1v) is 10.3. The van der Waals surface area contributed by atoms with Crippen LogP contribution >= 0.6 is 0 Å². The smallest absolute Gasteiger partial charge is 0.405 e. The van der Waals surface area contributed by atoms with Crippen LogP contribution < -0.4 is 20.1 Å². The van der Waals surface area contributed by atoms with Gasteiger partial charge in [0.2, 0.25) is 5.91 Å². The maximum absolute atomic E-state index is 12.6. The fraction of sp³-hybridized carbons (Fsp3) is 0.263. The van der Waals surface area contributed by atoms with Crippen LogP contribution in [0.5, 0.6) is 5.75 Å². The summed E-state index contributed by atoms with van der Waals surface area (Å²) in [6.07, 6.45) is -4.57. The second-order valence-corrected chi connectivity index (χ2v) is 8.07. The zero-order valence-corrected chi connectivity index (χ0v) is 17.4. The number of nitrogens with one attached hydrogen (secondary N) is 3. The van der Waals surface area contributed by atoms with E-state index >= 15 is 0 Å². The van der Waals surface area contributed by atoms with Crippen molar-refractivity contribution < 1.29 is 35.9 Å². The number of ether oxygens (including phenoxy) is 1. The number of aryl methyl sites for hydroxylation is 1. The van der Waals surface area contributed by atoms with Crippen LogP contribution in [-0.4, -0.2) is 46.6 Å². The van der Waals surface area contributed by atoms with E-state index in [0.29, 0.717) is 11.3 Å². The van der Waals surface area contributed by atoms with Crippen molar-refractivity contribution in [3.63, 3.8) is 0 Å². The first kappa shape index (κ1) is 24.0. The van der Waals surface area contributed by atoms with Crippen LogP contribution in [0.2, 0.25) is 0 Å². The third kappa shape index (κ3) is 7.17. The van der Waals surface area contributed by atoms with Crippen molar-refractivity contribution in [1.82, 2.24) is 10.6 Å². The van der Waals surface area contributed by atoms with Gasteiger partial charge < -0.3 is 15.4 Å². The third-order valence-corrected chi connectivity index (χ3v) is 5.38. The zero-order chi connectivity index (χ0) is 23.2. The minimum absolute atomic E-state index is 0.0405. The Balaban J connectivity index is 2.10. The van der Waals surface area contributed by atoms with Gasteiger partial charge in [-0.3, -0.25) is 14.3 Å². The summed E-state index contributed by atoms with van der Waals surface area (Å²) < 4.78 is 69.0. The SMILES string of the molecule is COc1ccc(NS(=O)(=O)c2ccc(C)c(C(=O)NCC(=O)NCC(F)(F)F)c2)cc1. The summed E-state index contributed by atoms with van der Waals surface area (Å²) in [7, 11) is -2.57. The molecule has 0 fully saturated rings. The number of carbonyl (C=O) groups excluding carboxylic acids is 2. The Hall–Kier alpha value is -3.28. The monoisotopic (exact) mass is 459 g/mol. The van der Waals surface area contributed by atoms with Crippen molar-refractivity contribution in [2.45, 2.75) is 18.0 Å². The highest BCUT2D eigenvalue weighted by Crippen LogP contribution is 2.21. The summed E-state index contributed by atoms with van der Waals surface area (Å²) in [5.41, 5.74) is 0.645. The number of carbonyl (C=O) groups is 2. The van der Waals surface area contributed by atoms with Crippen molar-refractivity contribution in [2.24, 2.45) is 0 Å². The Kier molecular flexibility index (Phi) is 7.50. The first-order valence-electron chi connectivity index (χ1n) is 8.80. The number of benzene rings is 2. The quantitative estimate of drug-likeness (QED) is 0.560. The lowest BCUT2D eigenvalue weighted by atomic mass is 10.1. The molecular formula is C19H20F3N3O5S. The number of amides is 2. The number of hydrogen-bond donors (Lipinski definition) is 3. The van der Waals surface area contributed by atoms with E-state index in [1.807, 2.05) is 0 Å². The van der Waals surface area contributed by atoms with Crippen molar-refractivity contribution in [2.75, 3.05) is 24.9 Å². The van der Waals surface area contributed by atoms with Crippen LogP contribution in [0.4, 0.5) is 18.9 Å². The zero-order valence-electron chi connectivity index (χ0n) is 16.5. The standard InChI is InChI=1S/C19H20F3N3O5S/c1-12-3-8-15(31(28,29)25-13-4-6-14(30-2)7-5-13)9-16(12)18(27)23-10-17(26)24-11-19(20,21)22/h3-9,25H,10-11H2,1-2H3,(H,23,27)(H,24,26). The van der Waals surface area contributed by atoms with E-state index in [9.17, 15) is 31.2 Å². The molecule has 12 heteroatoms. The highest BCUT2D eigenvalue weighted by Gasteiger charge is 2.27. The highest BCUT2D eigenvalue weighted by molar-refractivity contribution is 7.92. The van der Waals surface area contributed by atoms with E-state index < -0.39 is 41.1 Å². The van der Waals surface area contributed by atoms with Crippen molar-refractivity contribution in [3.05, 3.63) is 53.6 Å². The van der Waals surface area contributed by atoms with Gasteiger partial charge in [-0.25, -0.2) is 8.42 Å². The summed E-state index contributed by atoms with van der Waals surface area (Å²) in [5, 5.41) is 3.79. The highest BCUT2D eigenvalue weighted by atomic mass is 32.2. The fourth-order valence-electron chi connectivity index (χ4n) is 2.40. The molecule has 0 radical (unpaired) electrons. The lowest BCUT2D eigenvalue weighted by Crippen LogP contribution is -2.41. The number of sulfonamides is 1. The van der Waals surface area contributed by atoms with E-state index in [4.69, 9.17) is 4.74 Å². The summed E-state index contributed by atoms with van der Waals surface area (Å²) in [4.78, 5) is 23.6. The lowest BCUT2D eigenvalue weighted by Gasteiger charge is -2.12. The summed E-state index contributed by atoms with van der Waals surface area (Å²) in [6, 6.07) is 9.94. The summed E-state index contributed by atoms with van der Waals surface area (Å²) in [5.74, 6) is -1.30. The topological polar surface area (TPSA) is 114 Å². The number of halogens is 3. The predicted molar refractivity (Wildman–Crippen MR) is 106 cm³/mol. The number of rotatable bonds is 8. The molecule has 2 amide bonds. The molecule has 0 unspecified atom stereocenters. The molecule has 0 heterocycles. The largest absolute Gasteiger partial charge is 0.497 e.